The van der Waals surface area contributed by atoms with Crippen LogP contribution in [0, 0.1) is 0 Å². The van der Waals surface area contributed by atoms with Crippen LogP contribution in [-0.4, -0.2) is 33.4 Å². The van der Waals surface area contributed by atoms with Gasteiger partial charge in [-0.2, -0.15) is 0 Å². The van der Waals surface area contributed by atoms with Gasteiger partial charge >= 0.3 is 13.2 Å². The number of carbonyl (C=O) groups is 1. The summed E-state index contributed by atoms with van der Waals surface area (Å²) in [6.07, 6.45) is -0.523. The van der Waals surface area contributed by atoms with Crippen LogP contribution in [0.2, 0.25) is 0 Å². The zero-order chi connectivity index (χ0) is 17.6. The first-order valence-electron chi connectivity index (χ1n) is 7.67. The van der Waals surface area contributed by atoms with Crippen molar-refractivity contribution >= 4 is 29.6 Å². The third kappa shape index (κ3) is 3.43. The van der Waals surface area contributed by atoms with E-state index >= 15 is 0 Å². The van der Waals surface area contributed by atoms with E-state index in [1.807, 2.05) is 26.8 Å². The molecular weight excluding hydrogens is 293 g/mol. The number of rotatable bonds is 1. The molecule has 1 aromatic carbocycles. The normalized spacial score (nSPS) is 12.5. The second-order valence-corrected chi connectivity index (χ2v) is 7.72. The molecule has 0 aliphatic heterocycles. The number of para-hydroxylation sites is 1. The molecule has 2 aromatic rings. The van der Waals surface area contributed by atoms with Crippen molar-refractivity contribution in [2.24, 2.45) is 0 Å². The Balaban J connectivity index is 2.84. The molecule has 0 aliphatic rings. The number of hydrogen-bond donors (Lipinski definition) is 2. The van der Waals surface area contributed by atoms with Gasteiger partial charge in [0.25, 0.3) is 0 Å². The van der Waals surface area contributed by atoms with Gasteiger partial charge in [0.2, 0.25) is 0 Å². The lowest BCUT2D eigenvalue weighted by molar-refractivity contribution is 0.0536. The Kier molecular flexibility index (Phi) is 4.35. The summed E-state index contributed by atoms with van der Waals surface area (Å²) in [6.45, 7) is 11.2. The molecule has 0 radical (unpaired) electrons. The smallest absolute Gasteiger partial charge is 0.443 e. The van der Waals surface area contributed by atoms with Gasteiger partial charge < -0.3 is 14.8 Å². The summed E-state index contributed by atoms with van der Waals surface area (Å²) in [5.74, 6) is 0. The van der Waals surface area contributed by atoms with Crippen LogP contribution >= 0.6 is 0 Å². The number of nitrogens with zero attached hydrogens (tertiary/aromatic N) is 1. The Labute approximate surface area is 137 Å². The van der Waals surface area contributed by atoms with E-state index in [1.54, 1.807) is 39.0 Å². The Morgan fingerprint density at radius 3 is 2.13 bits per heavy atom. The Morgan fingerprint density at radius 1 is 1.09 bits per heavy atom. The summed E-state index contributed by atoms with van der Waals surface area (Å²) in [5.41, 5.74) is 0.376. The lowest BCUT2D eigenvalue weighted by atomic mass is 9.72. The standard InChI is InChI=1S/C17H24BNO4/c1-16(2,3)14-13(18(21)22)11-9-7-8-10-12(11)19(14)15(20)23-17(4,5)6/h7-10,21-22H,1-6H3. The van der Waals surface area contributed by atoms with Gasteiger partial charge in [0.1, 0.15) is 5.60 Å². The van der Waals surface area contributed by atoms with Crippen LogP contribution in [0.1, 0.15) is 47.2 Å². The highest BCUT2D eigenvalue weighted by atomic mass is 16.6. The van der Waals surface area contributed by atoms with Crippen molar-refractivity contribution in [2.45, 2.75) is 52.6 Å². The Bertz CT molecular complexity index is 735. The molecule has 0 saturated heterocycles. The lowest BCUT2D eigenvalue weighted by Crippen LogP contribution is -2.39. The van der Waals surface area contributed by atoms with Crippen LogP contribution in [0.4, 0.5) is 4.79 Å². The molecule has 0 amide bonds. The SMILES string of the molecule is CC(C)(C)OC(=O)n1c(C(C)(C)C)c(B(O)O)c2ccccc21. The summed E-state index contributed by atoms with van der Waals surface area (Å²) in [5, 5.41) is 20.4. The molecule has 0 spiro atoms. The molecule has 2 N–H and O–H groups in total. The molecule has 2 rings (SSSR count). The second kappa shape index (κ2) is 5.69. The lowest BCUT2D eigenvalue weighted by Gasteiger charge is -2.26. The quantitative estimate of drug-likeness (QED) is 0.792. The van der Waals surface area contributed by atoms with Gasteiger partial charge in [-0.3, -0.25) is 0 Å². The zero-order valence-electron chi connectivity index (χ0n) is 14.5. The van der Waals surface area contributed by atoms with Crippen LogP contribution in [0.5, 0.6) is 0 Å². The van der Waals surface area contributed by atoms with Gasteiger partial charge in [-0.1, -0.05) is 39.0 Å². The van der Waals surface area contributed by atoms with Crippen LogP contribution < -0.4 is 5.46 Å². The molecule has 0 aliphatic carbocycles. The largest absolute Gasteiger partial charge is 0.490 e. The molecule has 5 nitrogen and oxygen atoms in total. The molecule has 0 fully saturated rings. The average Bonchev–Trinajstić information content (AvgIpc) is 2.71. The molecular formula is C17H24BNO4. The first-order valence-corrected chi connectivity index (χ1v) is 7.67. The average molecular weight is 317 g/mol. The van der Waals surface area contributed by atoms with Crippen molar-refractivity contribution in [1.82, 2.24) is 4.57 Å². The second-order valence-electron chi connectivity index (χ2n) is 7.72. The molecule has 0 atom stereocenters. The van der Waals surface area contributed by atoms with Crippen molar-refractivity contribution in [1.29, 1.82) is 0 Å². The Morgan fingerprint density at radius 2 is 1.65 bits per heavy atom. The van der Waals surface area contributed by atoms with E-state index in [0.29, 0.717) is 22.1 Å². The first kappa shape index (κ1) is 17.6. The summed E-state index contributed by atoms with van der Waals surface area (Å²) in [6, 6.07) is 7.17. The van der Waals surface area contributed by atoms with Gasteiger partial charge in [0, 0.05) is 22.0 Å². The summed E-state index contributed by atoms with van der Waals surface area (Å²) >= 11 is 0. The third-order valence-corrected chi connectivity index (χ3v) is 3.46. The van der Waals surface area contributed by atoms with E-state index in [4.69, 9.17) is 4.74 Å². The molecule has 23 heavy (non-hydrogen) atoms. The fourth-order valence-corrected chi connectivity index (χ4v) is 2.76. The van der Waals surface area contributed by atoms with Gasteiger partial charge in [0.05, 0.1) is 5.52 Å². The molecule has 6 heteroatoms. The van der Waals surface area contributed by atoms with Crippen molar-refractivity contribution in [2.75, 3.05) is 0 Å². The van der Waals surface area contributed by atoms with E-state index in [0.717, 1.165) is 0 Å². The van der Waals surface area contributed by atoms with E-state index in [-0.39, 0.29) is 0 Å². The fraction of sp³-hybridized carbons (Fsp3) is 0.471. The number of benzene rings is 1. The highest BCUT2D eigenvalue weighted by molar-refractivity contribution is 6.63. The van der Waals surface area contributed by atoms with E-state index in [1.165, 1.54) is 4.57 Å². The fourth-order valence-electron chi connectivity index (χ4n) is 2.76. The molecule has 124 valence electrons. The first-order chi connectivity index (χ1) is 10.4. The maximum absolute atomic E-state index is 12.8. The highest BCUT2D eigenvalue weighted by Crippen LogP contribution is 2.29. The molecule has 1 heterocycles. The monoisotopic (exact) mass is 317 g/mol. The third-order valence-electron chi connectivity index (χ3n) is 3.46. The topological polar surface area (TPSA) is 71.7 Å². The molecule has 0 unspecified atom stereocenters. The van der Waals surface area contributed by atoms with Crippen LogP contribution in [0.15, 0.2) is 24.3 Å². The summed E-state index contributed by atoms with van der Waals surface area (Å²) < 4.78 is 6.98. The van der Waals surface area contributed by atoms with Gasteiger partial charge in [-0.25, -0.2) is 9.36 Å². The minimum atomic E-state index is -1.67. The van der Waals surface area contributed by atoms with Crippen molar-refractivity contribution in [3.8, 4) is 0 Å². The van der Waals surface area contributed by atoms with Crippen molar-refractivity contribution in [3.63, 3.8) is 0 Å². The zero-order valence-corrected chi connectivity index (χ0v) is 14.5. The highest BCUT2D eigenvalue weighted by Gasteiger charge is 2.35. The van der Waals surface area contributed by atoms with E-state index in [2.05, 4.69) is 0 Å². The number of hydrogen-bond acceptors (Lipinski definition) is 4. The number of ether oxygens (including phenoxy) is 1. The Hall–Kier alpha value is -1.79. The maximum Gasteiger partial charge on any atom is 0.490 e. The summed E-state index contributed by atoms with van der Waals surface area (Å²) in [7, 11) is -1.67. The maximum atomic E-state index is 12.8. The van der Waals surface area contributed by atoms with E-state index in [9.17, 15) is 14.8 Å². The van der Waals surface area contributed by atoms with Gasteiger partial charge in [0.15, 0.2) is 0 Å². The molecule has 0 saturated carbocycles. The van der Waals surface area contributed by atoms with E-state index < -0.39 is 24.2 Å². The number of aromatic nitrogens is 1. The van der Waals surface area contributed by atoms with Crippen molar-refractivity contribution < 1.29 is 19.6 Å². The number of fused-ring (bicyclic) bond motifs is 1. The molecule has 1 aromatic heterocycles. The minimum Gasteiger partial charge on any atom is -0.443 e. The predicted molar refractivity (Wildman–Crippen MR) is 92.1 cm³/mol. The number of carbonyl (C=O) groups excluding carboxylic acids is 1. The van der Waals surface area contributed by atoms with Crippen LogP contribution in [0.3, 0.4) is 0 Å². The van der Waals surface area contributed by atoms with Gasteiger partial charge in [-0.05, 0) is 26.8 Å². The molecule has 0 bridgehead atoms. The van der Waals surface area contributed by atoms with Crippen molar-refractivity contribution in [3.05, 3.63) is 30.0 Å². The van der Waals surface area contributed by atoms with Crippen LogP contribution in [-0.2, 0) is 10.2 Å². The van der Waals surface area contributed by atoms with Crippen LogP contribution in [0.25, 0.3) is 10.9 Å². The van der Waals surface area contributed by atoms with Gasteiger partial charge in [-0.15, -0.1) is 0 Å². The predicted octanol–water partition coefficient (Wildman–Crippen LogP) is 2.40. The summed E-state index contributed by atoms with van der Waals surface area (Å²) in [4.78, 5) is 12.8. The minimum absolute atomic E-state index is 0.346.